The van der Waals surface area contributed by atoms with Gasteiger partial charge in [0.05, 0.1) is 17.1 Å². The van der Waals surface area contributed by atoms with Gasteiger partial charge in [0.25, 0.3) is 11.8 Å². The first kappa shape index (κ1) is 27.9. The van der Waals surface area contributed by atoms with Crippen LogP contribution < -0.4 is 10.2 Å². The fourth-order valence-corrected chi connectivity index (χ4v) is 7.56. The first-order valence-corrected chi connectivity index (χ1v) is 15.9. The second-order valence-electron chi connectivity index (χ2n) is 9.96. The molecule has 3 aromatic rings. The highest BCUT2D eigenvalue weighted by atomic mass is 35.5. The summed E-state index contributed by atoms with van der Waals surface area (Å²) in [7, 11) is 0. The van der Waals surface area contributed by atoms with Gasteiger partial charge in [-0.3, -0.25) is 9.59 Å². The minimum Gasteiger partial charge on any atom is -0.352 e. The molecule has 7 heteroatoms. The van der Waals surface area contributed by atoms with Crippen LogP contribution in [0.2, 0.25) is 5.02 Å². The van der Waals surface area contributed by atoms with Crippen molar-refractivity contribution in [3.8, 4) is 0 Å². The number of benzene rings is 3. The highest BCUT2D eigenvalue weighted by Crippen LogP contribution is 2.42. The average Bonchev–Trinajstić information content (AvgIpc) is 2.96. The minimum absolute atomic E-state index is 0.0495. The van der Waals surface area contributed by atoms with Crippen LogP contribution in [0.4, 0.5) is 5.69 Å². The molecule has 1 aliphatic heterocycles. The number of amides is 2. The summed E-state index contributed by atoms with van der Waals surface area (Å²) < 4.78 is 0. The molecule has 2 amide bonds. The van der Waals surface area contributed by atoms with Gasteiger partial charge >= 0.3 is 0 Å². The Hall–Kier alpha value is -2.67. The Balaban J connectivity index is 1.20. The van der Waals surface area contributed by atoms with E-state index in [0.717, 1.165) is 39.1 Å². The molecular formula is C32H33ClN2O2S2. The third-order valence-electron chi connectivity index (χ3n) is 7.04. The quantitative estimate of drug-likeness (QED) is 0.206. The lowest BCUT2D eigenvalue weighted by Gasteiger charge is -2.30. The van der Waals surface area contributed by atoms with Gasteiger partial charge in [-0.25, -0.2) is 0 Å². The van der Waals surface area contributed by atoms with Crippen molar-refractivity contribution in [3.63, 3.8) is 0 Å². The maximum atomic E-state index is 13.6. The normalized spacial score (nSPS) is 16.8. The molecule has 202 valence electrons. The lowest BCUT2D eigenvalue weighted by Crippen LogP contribution is -2.33. The number of anilines is 1. The predicted octanol–water partition coefficient (Wildman–Crippen LogP) is 8.21. The lowest BCUT2D eigenvalue weighted by molar-refractivity contribution is -0.114. The predicted molar refractivity (Wildman–Crippen MR) is 166 cm³/mol. The molecule has 0 atom stereocenters. The van der Waals surface area contributed by atoms with E-state index < -0.39 is 0 Å². The molecule has 1 aliphatic carbocycles. The number of fused-ring (bicyclic) bond motifs is 1. The number of rotatable bonds is 9. The number of hydrogen-bond donors (Lipinski definition) is 1. The molecule has 0 aromatic heterocycles. The molecule has 5 rings (SSSR count). The van der Waals surface area contributed by atoms with Gasteiger partial charge in [0.1, 0.15) is 0 Å². The van der Waals surface area contributed by atoms with Gasteiger partial charge in [0, 0.05) is 27.3 Å². The zero-order chi connectivity index (χ0) is 27.0. The van der Waals surface area contributed by atoms with Crippen molar-refractivity contribution < 1.29 is 9.59 Å². The Bertz CT molecular complexity index is 1340. The molecule has 0 spiro atoms. The van der Waals surface area contributed by atoms with Crippen molar-refractivity contribution in [1.82, 2.24) is 5.32 Å². The molecule has 1 N–H and O–H groups in total. The first-order chi connectivity index (χ1) is 19.1. The molecule has 1 fully saturated rings. The Morgan fingerprint density at radius 1 is 1.03 bits per heavy atom. The summed E-state index contributed by atoms with van der Waals surface area (Å²) >= 11 is 9.73. The Labute approximate surface area is 244 Å². The molecule has 1 saturated carbocycles. The van der Waals surface area contributed by atoms with Gasteiger partial charge in [-0.05, 0) is 78.6 Å². The number of halogens is 1. The fraction of sp³-hybridized carbons (Fsp3) is 0.312. The van der Waals surface area contributed by atoms with E-state index >= 15 is 0 Å². The minimum atomic E-state index is -0.0541. The van der Waals surface area contributed by atoms with Crippen LogP contribution in [0, 0.1) is 0 Å². The van der Waals surface area contributed by atoms with Crippen LogP contribution >= 0.6 is 35.1 Å². The van der Waals surface area contributed by atoms with E-state index in [-0.39, 0.29) is 11.8 Å². The summed E-state index contributed by atoms with van der Waals surface area (Å²) in [6.45, 7) is 1.13. The highest BCUT2D eigenvalue weighted by Gasteiger charge is 2.29. The summed E-state index contributed by atoms with van der Waals surface area (Å²) in [4.78, 5) is 29.7. The molecule has 1 heterocycles. The number of thioether (sulfide) groups is 2. The zero-order valence-electron chi connectivity index (χ0n) is 21.9. The molecule has 39 heavy (non-hydrogen) atoms. The number of carbonyl (C=O) groups is 2. The van der Waals surface area contributed by atoms with E-state index in [1.807, 2.05) is 78.9 Å². The van der Waals surface area contributed by atoms with Gasteiger partial charge in [-0.2, -0.15) is 11.8 Å². The highest BCUT2D eigenvalue weighted by molar-refractivity contribution is 8.04. The van der Waals surface area contributed by atoms with E-state index in [1.54, 1.807) is 4.90 Å². The van der Waals surface area contributed by atoms with Crippen LogP contribution in [-0.4, -0.2) is 29.4 Å². The van der Waals surface area contributed by atoms with Crippen LogP contribution in [0.25, 0.3) is 6.08 Å². The van der Waals surface area contributed by atoms with Gasteiger partial charge in [0.2, 0.25) is 0 Å². The van der Waals surface area contributed by atoms with Crippen molar-refractivity contribution >= 4 is 58.7 Å². The van der Waals surface area contributed by atoms with Gasteiger partial charge in [-0.15, -0.1) is 0 Å². The summed E-state index contributed by atoms with van der Waals surface area (Å²) in [5.74, 6) is 0.994. The maximum Gasteiger partial charge on any atom is 0.265 e. The second-order valence-corrected chi connectivity index (χ2v) is 12.9. The zero-order valence-corrected chi connectivity index (χ0v) is 24.3. The molecule has 3 aromatic carbocycles. The van der Waals surface area contributed by atoms with Crippen LogP contribution in [0.5, 0.6) is 0 Å². The van der Waals surface area contributed by atoms with E-state index in [9.17, 15) is 9.59 Å². The first-order valence-electron chi connectivity index (χ1n) is 13.6. The summed E-state index contributed by atoms with van der Waals surface area (Å²) in [5, 5.41) is 4.51. The lowest BCUT2D eigenvalue weighted by atomic mass is 10.0. The summed E-state index contributed by atoms with van der Waals surface area (Å²) in [5.41, 5.74) is 3.38. The van der Waals surface area contributed by atoms with Gasteiger partial charge in [0.15, 0.2) is 0 Å². The number of hydrogen-bond acceptors (Lipinski definition) is 4. The molecule has 0 radical (unpaired) electrons. The van der Waals surface area contributed by atoms with Crippen LogP contribution in [-0.2, 0) is 11.3 Å². The van der Waals surface area contributed by atoms with Crippen molar-refractivity contribution in [2.75, 3.05) is 17.2 Å². The summed E-state index contributed by atoms with van der Waals surface area (Å²) in [6.07, 6.45) is 9.69. The van der Waals surface area contributed by atoms with E-state index in [4.69, 9.17) is 11.6 Å². The Kier molecular flexibility index (Phi) is 9.72. The maximum absolute atomic E-state index is 13.6. The van der Waals surface area contributed by atoms with Gasteiger partial charge in [-0.1, -0.05) is 79.0 Å². The Morgan fingerprint density at radius 2 is 1.82 bits per heavy atom. The fourth-order valence-electron chi connectivity index (χ4n) is 4.98. The number of para-hydroxylation sites is 1. The molecular weight excluding hydrogens is 544 g/mol. The Morgan fingerprint density at radius 3 is 2.62 bits per heavy atom. The smallest absolute Gasteiger partial charge is 0.265 e. The molecule has 0 unspecified atom stereocenters. The third kappa shape index (κ3) is 7.50. The molecule has 0 bridgehead atoms. The van der Waals surface area contributed by atoms with Crippen LogP contribution in [0.15, 0.2) is 82.6 Å². The van der Waals surface area contributed by atoms with E-state index in [2.05, 4.69) is 17.1 Å². The van der Waals surface area contributed by atoms with Crippen molar-refractivity contribution in [2.45, 2.75) is 55.2 Å². The molecule has 2 aliphatic rings. The number of nitrogens with one attached hydrogen (secondary N) is 1. The topological polar surface area (TPSA) is 49.4 Å². The van der Waals surface area contributed by atoms with E-state index in [0.29, 0.717) is 28.6 Å². The third-order valence-corrected chi connectivity index (χ3v) is 9.82. The SMILES string of the molecule is O=C(NCCCSC1CCCCC1)c1ccc(C=C2Sc3ccccc3N(Cc3cccc(Cl)c3)C2=O)cc1. The van der Waals surface area contributed by atoms with Gasteiger partial charge < -0.3 is 10.2 Å². The molecule has 0 saturated heterocycles. The monoisotopic (exact) mass is 576 g/mol. The van der Waals surface area contributed by atoms with Crippen LogP contribution in [0.3, 0.4) is 0 Å². The largest absolute Gasteiger partial charge is 0.352 e. The number of nitrogens with zero attached hydrogens (tertiary/aromatic N) is 1. The van der Waals surface area contributed by atoms with Crippen molar-refractivity contribution in [2.24, 2.45) is 0 Å². The molecule has 4 nitrogen and oxygen atoms in total. The van der Waals surface area contributed by atoms with Crippen molar-refractivity contribution in [1.29, 1.82) is 0 Å². The average molecular weight is 577 g/mol. The van der Waals surface area contributed by atoms with Crippen LogP contribution in [0.1, 0.15) is 60.0 Å². The number of carbonyl (C=O) groups excluding carboxylic acids is 2. The second kappa shape index (κ2) is 13.6. The standard InChI is InChI=1S/C32H33ClN2O2S2/c33-26-9-6-8-24(20-26)22-35-28-12-4-5-13-29(28)39-30(32(35)37)21-23-14-16-25(17-15-23)31(36)34-18-7-19-38-27-10-2-1-3-11-27/h4-6,8-9,12-17,20-21,27H,1-3,7,10-11,18-19,22H2,(H,34,36). The van der Waals surface area contributed by atoms with Crippen molar-refractivity contribution in [3.05, 3.63) is 99.4 Å². The summed E-state index contributed by atoms with van der Waals surface area (Å²) in [6, 6.07) is 23.0. The van der Waals surface area contributed by atoms with E-state index in [1.165, 1.54) is 43.9 Å².